The first kappa shape index (κ1) is 18.6. The van der Waals surface area contributed by atoms with Gasteiger partial charge in [0.05, 0.1) is 26.7 Å². The van der Waals surface area contributed by atoms with Gasteiger partial charge in [-0.1, -0.05) is 42.5 Å². The maximum absolute atomic E-state index is 13.0. The molecule has 150 valence electrons. The van der Waals surface area contributed by atoms with Crippen LogP contribution in [0.4, 0.5) is 11.4 Å². The largest absolute Gasteiger partial charge is 0.279 e. The van der Waals surface area contributed by atoms with Crippen molar-refractivity contribution in [2.24, 2.45) is 0 Å². The predicted molar refractivity (Wildman–Crippen MR) is 115 cm³/mol. The minimum atomic E-state index is -3.98. The SMILES string of the molecule is O=S(=O)(Nc1cccc2cccnc12)c1ccc2c(c1)NS(=O)(=O)c1ccccc1-2. The Kier molecular flexibility index (Phi) is 4.05. The van der Waals surface area contributed by atoms with E-state index in [1.165, 1.54) is 18.2 Å². The quantitative estimate of drug-likeness (QED) is 0.507. The molecule has 0 radical (unpaired) electrons. The number of hydrogen-bond donors (Lipinski definition) is 2. The Morgan fingerprint density at radius 2 is 1.67 bits per heavy atom. The highest BCUT2D eigenvalue weighted by Gasteiger charge is 2.28. The van der Waals surface area contributed by atoms with Gasteiger partial charge in [0.1, 0.15) is 0 Å². The molecule has 0 amide bonds. The van der Waals surface area contributed by atoms with E-state index in [-0.39, 0.29) is 15.5 Å². The van der Waals surface area contributed by atoms with Gasteiger partial charge in [0.2, 0.25) is 0 Å². The van der Waals surface area contributed by atoms with Crippen LogP contribution in [0.15, 0.2) is 88.8 Å². The Morgan fingerprint density at radius 3 is 2.53 bits per heavy atom. The Morgan fingerprint density at radius 1 is 0.867 bits per heavy atom. The van der Waals surface area contributed by atoms with Crippen molar-refractivity contribution in [1.82, 2.24) is 4.98 Å². The molecule has 1 aliphatic heterocycles. The van der Waals surface area contributed by atoms with Gasteiger partial charge in [-0.3, -0.25) is 14.4 Å². The summed E-state index contributed by atoms with van der Waals surface area (Å²) < 4.78 is 56.2. The maximum Gasteiger partial charge on any atom is 0.262 e. The minimum Gasteiger partial charge on any atom is -0.279 e. The summed E-state index contributed by atoms with van der Waals surface area (Å²) in [7, 11) is -7.76. The zero-order valence-corrected chi connectivity index (χ0v) is 17.0. The summed E-state index contributed by atoms with van der Waals surface area (Å²) in [4.78, 5) is 4.36. The fourth-order valence-corrected chi connectivity index (χ4v) is 5.91. The smallest absolute Gasteiger partial charge is 0.262 e. The van der Waals surface area contributed by atoms with Gasteiger partial charge in [-0.2, -0.15) is 0 Å². The van der Waals surface area contributed by atoms with Crippen molar-refractivity contribution in [3.05, 3.63) is 79.0 Å². The van der Waals surface area contributed by atoms with E-state index in [1.807, 2.05) is 12.1 Å². The second-order valence-corrected chi connectivity index (χ2v) is 10.1. The molecule has 0 unspecified atom stereocenters. The van der Waals surface area contributed by atoms with Gasteiger partial charge in [0, 0.05) is 22.7 Å². The molecule has 2 N–H and O–H groups in total. The van der Waals surface area contributed by atoms with E-state index in [2.05, 4.69) is 14.4 Å². The number of anilines is 2. The van der Waals surface area contributed by atoms with Gasteiger partial charge < -0.3 is 0 Å². The molecule has 3 aromatic carbocycles. The molecule has 9 heteroatoms. The van der Waals surface area contributed by atoms with Crippen LogP contribution in [0.1, 0.15) is 0 Å². The molecule has 0 fully saturated rings. The van der Waals surface area contributed by atoms with Crippen LogP contribution in [0.2, 0.25) is 0 Å². The monoisotopic (exact) mass is 437 g/mol. The Hall–Kier alpha value is -3.43. The number of fused-ring (bicyclic) bond motifs is 4. The molecule has 2 heterocycles. The summed E-state index contributed by atoms with van der Waals surface area (Å²) >= 11 is 0. The molecule has 1 aliphatic rings. The fraction of sp³-hybridized carbons (Fsp3) is 0. The first-order chi connectivity index (χ1) is 14.4. The molecule has 30 heavy (non-hydrogen) atoms. The standard InChI is InChI=1S/C21H15N3O4S2/c25-29(26,23-18-8-3-5-14-6-4-12-22-21(14)18)15-10-11-16-17-7-1-2-9-20(17)30(27,28)24-19(16)13-15/h1-13,23-24H. The number of sulfonamides is 2. The summed E-state index contributed by atoms with van der Waals surface area (Å²) in [6.07, 6.45) is 1.59. The number of benzene rings is 3. The number of nitrogens with zero attached hydrogens (tertiary/aromatic N) is 1. The van der Waals surface area contributed by atoms with Gasteiger partial charge in [-0.25, -0.2) is 16.8 Å². The normalized spacial score (nSPS) is 14.4. The lowest BCUT2D eigenvalue weighted by molar-refractivity contribution is 0.598. The zero-order chi connectivity index (χ0) is 20.9. The molecular weight excluding hydrogens is 422 g/mol. The van der Waals surface area contributed by atoms with Gasteiger partial charge in [0.25, 0.3) is 20.0 Å². The molecule has 0 aliphatic carbocycles. The third-order valence-corrected chi connectivity index (χ3v) is 7.68. The van der Waals surface area contributed by atoms with Crippen LogP contribution < -0.4 is 9.44 Å². The molecule has 4 aromatic rings. The third kappa shape index (κ3) is 2.99. The number of aromatic nitrogens is 1. The fourth-order valence-electron chi connectivity index (χ4n) is 3.52. The molecule has 0 saturated carbocycles. The highest BCUT2D eigenvalue weighted by molar-refractivity contribution is 7.93. The second-order valence-electron chi connectivity index (χ2n) is 6.80. The molecular formula is C21H15N3O4S2. The predicted octanol–water partition coefficient (Wildman–Crippen LogP) is 3.82. The van der Waals surface area contributed by atoms with E-state index in [1.54, 1.807) is 48.7 Å². The van der Waals surface area contributed by atoms with Crippen LogP contribution in [0.5, 0.6) is 0 Å². The van der Waals surface area contributed by atoms with E-state index in [0.717, 1.165) is 5.39 Å². The average molecular weight is 438 g/mol. The minimum absolute atomic E-state index is 0.0590. The van der Waals surface area contributed by atoms with Crippen LogP contribution in [-0.2, 0) is 20.0 Å². The lowest BCUT2D eigenvalue weighted by atomic mass is 10.0. The van der Waals surface area contributed by atoms with E-state index in [0.29, 0.717) is 22.3 Å². The molecule has 0 spiro atoms. The number of pyridine rings is 1. The summed E-state index contributed by atoms with van der Waals surface area (Å²) in [6.45, 7) is 0. The van der Waals surface area contributed by atoms with Crippen molar-refractivity contribution in [3.63, 3.8) is 0 Å². The molecule has 7 nitrogen and oxygen atoms in total. The van der Waals surface area contributed by atoms with Crippen LogP contribution in [0.3, 0.4) is 0 Å². The lowest BCUT2D eigenvalue weighted by Gasteiger charge is -2.22. The van der Waals surface area contributed by atoms with Crippen LogP contribution in [0.25, 0.3) is 22.0 Å². The van der Waals surface area contributed by atoms with E-state index in [9.17, 15) is 16.8 Å². The summed E-state index contributed by atoms with van der Waals surface area (Å²) in [5.74, 6) is 0. The second kappa shape index (κ2) is 6.54. The van der Waals surface area contributed by atoms with E-state index < -0.39 is 20.0 Å². The summed E-state index contributed by atoms with van der Waals surface area (Å²) in [5, 5.41) is 0.799. The molecule has 1 aromatic heterocycles. The Balaban J connectivity index is 1.59. The first-order valence-electron chi connectivity index (χ1n) is 8.98. The zero-order valence-electron chi connectivity index (χ0n) is 15.4. The van der Waals surface area contributed by atoms with Crippen LogP contribution in [-0.4, -0.2) is 21.8 Å². The van der Waals surface area contributed by atoms with Crippen molar-refractivity contribution < 1.29 is 16.8 Å². The summed E-state index contributed by atoms with van der Waals surface area (Å²) in [6, 6.07) is 19.8. The molecule has 0 bridgehead atoms. The number of rotatable bonds is 3. The van der Waals surface area contributed by atoms with Crippen molar-refractivity contribution in [3.8, 4) is 11.1 Å². The van der Waals surface area contributed by atoms with Crippen LogP contribution in [0, 0.1) is 0 Å². The highest BCUT2D eigenvalue weighted by Crippen LogP contribution is 2.40. The lowest BCUT2D eigenvalue weighted by Crippen LogP contribution is -2.20. The highest BCUT2D eigenvalue weighted by atomic mass is 32.2. The van der Waals surface area contributed by atoms with Gasteiger partial charge in [-0.15, -0.1) is 0 Å². The molecule has 5 rings (SSSR count). The average Bonchev–Trinajstić information content (AvgIpc) is 2.73. The first-order valence-corrected chi connectivity index (χ1v) is 11.9. The van der Waals surface area contributed by atoms with Gasteiger partial charge in [0.15, 0.2) is 0 Å². The molecule has 0 atom stereocenters. The van der Waals surface area contributed by atoms with Crippen molar-refractivity contribution in [2.45, 2.75) is 9.79 Å². The number of nitrogens with one attached hydrogen (secondary N) is 2. The third-order valence-electron chi connectivity index (χ3n) is 4.89. The van der Waals surface area contributed by atoms with Crippen molar-refractivity contribution in [1.29, 1.82) is 0 Å². The van der Waals surface area contributed by atoms with Crippen molar-refractivity contribution in [2.75, 3.05) is 9.44 Å². The van der Waals surface area contributed by atoms with Gasteiger partial charge in [-0.05, 0) is 30.3 Å². The van der Waals surface area contributed by atoms with Crippen molar-refractivity contribution >= 4 is 42.3 Å². The van der Waals surface area contributed by atoms with Crippen LogP contribution >= 0.6 is 0 Å². The van der Waals surface area contributed by atoms with Gasteiger partial charge >= 0.3 is 0 Å². The number of para-hydroxylation sites is 1. The van der Waals surface area contributed by atoms with E-state index in [4.69, 9.17) is 0 Å². The molecule has 0 saturated heterocycles. The Bertz CT molecular complexity index is 1530. The van der Waals surface area contributed by atoms with E-state index >= 15 is 0 Å². The maximum atomic E-state index is 13.0. The summed E-state index contributed by atoms with van der Waals surface area (Å²) in [5.41, 5.74) is 2.23. The number of hydrogen-bond acceptors (Lipinski definition) is 5. The Labute approximate surface area is 173 Å². The topological polar surface area (TPSA) is 105 Å².